The number of amides is 1. The van der Waals surface area contributed by atoms with Crippen LogP contribution in [-0.4, -0.2) is 34.8 Å². The summed E-state index contributed by atoms with van der Waals surface area (Å²) in [4.78, 5) is 12.2. The maximum Gasteiger partial charge on any atom is 0.417 e. The lowest BCUT2D eigenvalue weighted by Gasteiger charge is -2.31. The van der Waals surface area contributed by atoms with E-state index in [0.717, 1.165) is 0 Å². The van der Waals surface area contributed by atoms with Crippen molar-refractivity contribution in [3.05, 3.63) is 71.8 Å². The van der Waals surface area contributed by atoms with Gasteiger partial charge in [0, 0.05) is 16.8 Å². The maximum absolute atomic E-state index is 13.5. The van der Waals surface area contributed by atoms with Crippen LogP contribution in [0.5, 0.6) is 17.2 Å². The van der Waals surface area contributed by atoms with Crippen LogP contribution in [0, 0.1) is 0 Å². The molecular weight excluding hydrogens is 456 g/mol. The van der Waals surface area contributed by atoms with Crippen LogP contribution in [0.25, 0.3) is 0 Å². The molecule has 3 aromatic carbocycles. The van der Waals surface area contributed by atoms with Gasteiger partial charge in [0.05, 0.1) is 19.3 Å². The van der Waals surface area contributed by atoms with Crippen LogP contribution >= 0.6 is 11.6 Å². The van der Waals surface area contributed by atoms with E-state index in [1.807, 2.05) is 6.07 Å². The topological polar surface area (TPSA) is 94.2 Å². The molecule has 8 nitrogen and oxygen atoms in total. The average molecular weight is 475 g/mol. The number of benzene rings is 3. The molecule has 0 saturated carbocycles. The highest BCUT2D eigenvalue weighted by molar-refractivity contribution is 7.93. The number of hydrogen-bond acceptors (Lipinski definition) is 6. The first-order chi connectivity index (χ1) is 15.4. The first kappa shape index (κ1) is 21.8. The van der Waals surface area contributed by atoms with Crippen molar-refractivity contribution in [3.63, 3.8) is 0 Å². The highest BCUT2D eigenvalue weighted by Gasteiger charge is 2.33. The number of nitrogens with one attached hydrogen (secondary N) is 1. The number of nitrogens with zero attached hydrogens (tertiary/aromatic N) is 1. The zero-order valence-electron chi connectivity index (χ0n) is 16.9. The summed E-state index contributed by atoms with van der Waals surface area (Å²) < 4.78 is 44.3. The Hall–Kier alpha value is -3.43. The molecule has 0 spiro atoms. The summed E-state index contributed by atoms with van der Waals surface area (Å²) in [6.45, 7) is 0.217. The van der Waals surface area contributed by atoms with Crippen LogP contribution in [0.1, 0.15) is 0 Å². The minimum Gasteiger partial charge on any atom is -0.495 e. The third-order valence-corrected chi connectivity index (χ3v) is 6.74. The number of rotatable bonds is 5. The Kier molecular flexibility index (Phi) is 6.11. The van der Waals surface area contributed by atoms with Crippen molar-refractivity contribution in [3.8, 4) is 17.2 Å². The van der Waals surface area contributed by atoms with E-state index in [0.29, 0.717) is 11.4 Å². The molecule has 0 bridgehead atoms. The van der Waals surface area contributed by atoms with Gasteiger partial charge in [-0.15, -0.1) is 0 Å². The fourth-order valence-corrected chi connectivity index (χ4v) is 5.10. The highest BCUT2D eigenvalue weighted by atomic mass is 35.5. The van der Waals surface area contributed by atoms with E-state index in [-0.39, 0.29) is 40.3 Å². The molecule has 1 N–H and O–H groups in total. The molecule has 0 atom stereocenters. The van der Waals surface area contributed by atoms with Gasteiger partial charge in [-0.2, -0.15) is 0 Å². The smallest absolute Gasteiger partial charge is 0.417 e. The highest BCUT2D eigenvalue weighted by Crippen LogP contribution is 2.40. The van der Waals surface area contributed by atoms with E-state index in [4.69, 9.17) is 25.8 Å². The summed E-state index contributed by atoms with van der Waals surface area (Å²) in [5, 5.41) is 2.86. The largest absolute Gasteiger partial charge is 0.495 e. The molecule has 10 heteroatoms. The lowest BCUT2D eigenvalue weighted by molar-refractivity contribution is 0.215. The van der Waals surface area contributed by atoms with Crippen LogP contribution < -0.4 is 23.8 Å². The van der Waals surface area contributed by atoms with Gasteiger partial charge in [0.25, 0.3) is 10.0 Å². The van der Waals surface area contributed by atoms with E-state index in [2.05, 4.69) is 5.32 Å². The predicted octanol–water partition coefficient (Wildman–Crippen LogP) is 4.55. The predicted molar refractivity (Wildman–Crippen MR) is 121 cm³/mol. The second kappa shape index (κ2) is 8.97. The molecule has 4 rings (SSSR count). The van der Waals surface area contributed by atoms with Gasteiger partial charge in [0.2, 0.25) is 0 Å². The third-order valence-electron chi connectivity index (χ3n) is 4.68. The Morgan fingerprint density at radius 3 is 2.62 bits per heavy atom. The number of hydrogen-bond donors (Lipinski definition) is 1. The van der Waals surface area contributed by atoms with Crippen LogP contribution in [0.4, 0.5) is 16.2 Å². The Labute approximate surface area is 190 Å². The van der Waals surface area contributed by atoms with Crippen LogP contribution in [-0.2, 0) is 10.0 Å². The summed E-state index contributed by atoms with van der Waals surface area (Å²) >= 11 is 6.04. The second-order valence-electron chi connectivity index (χ2n) is 6.73. The SMILES string of the molecule is COc1ccc(Cl)cc1S(=O)(=O)N1CCOc2ccc(OC(=O)Nc3ccccc3)cc21. The van der Waals surface area contributed by atoms with Crippen molar-refractivity contribution in [1.82, 2.24) is 0 Å². The number of fused-ring (bicyclic) bond motifs is 1. The van der Waals surface area contributed by atoms with E-state index in [9.17, 15) is 13.2 Å². The van der Waals surface area contributed by atoms with Crippen molar-refractivity contribution in [2.75, 3.05) is 29.9 Å². The molecule has 0 radical (unpaired) electrons. The molecule has 1 amide bonds. The van der Waals surface area contributed by atoms with E-state index >= 15 is 0 Å². The summed E-state index contributed by atoms with van der Waals surface area (Å²) in [6.07, 6.45) is -0.709. The van der Waals surface area contributed by atoms with Crippen molar-refractivity contribution in [1.29, 1.82) is 0 Å². The minimum absolute atomic E-state index is 0.0602. The van der Waals surface area contributed by atoms with Gasteiger partial charge in [-0.05, 0) is 42.5 Å². The molecule has 0 fully saturated rings. The van der Waals surface area contributed by atoms with Crippen molar-refractivity contribution < 1.29 is 27.4 Å². The molecule has 0 unspecified atom stereocenters. The molecule has 32 heavy (non-hydrogen) atoms. The van der Waals surface area contributed by atoms with Crippen LogP contribution in [0.2, 0.25) is 5.02 Å². The van der Waals surface area contributed by atoms with Crippen LogP contribution in [0.15, 0.2) is 71.6 Å². The number of anilines is 2. The quantitative estimate of drug-likeness (QED) is 0.583. The van der Waals surface area contributed by atoms with E-state index in [1.165, 1.54) is 35.7 Å². The standard InChI is InChI=1S/C22H19ClN2O6S/c1-29-20-9-7-15(23)13-21(20)32(27,28)25-11-12-30-19-10-8-17(14-18(19)25)31-22(26)24-16-5-3-2-4-6-16/h2-10,13-14H,11-12H2,1H3,(H,24,26). The van der Waals surface area contributed by atoms with Crippen LogP contribution in [0.3, 0.4) is 0 Å². The average Bonchev–Trinajstić information content (AvgIpc) is 2.79. The number of para-hydroxylation sites is 1. The van der Waals surface area contributed by atoms with Crippen molar-refractivity contribution in [2.45, 2.75) is 4.90 Å². The normalized spacial score (nSPS) is 13.0. The molecule has 0 aromatic heterocycles. The zero-order valence-corrected chi connectivity index (χ0v) is 18.5. The number of carbonyl (C=O) groups excluding carboxylic acids is 1. The fraction of sp³-hybridized carbons (Fsp3) is 0.136. The molecule has 3 aromatic rings. The van der Waals surface area contributed by atoms with E-state index in [1.54, 1.807) is 36.4 Å². The summed E-state index contributed by atoms with van der Waals surface area (Å²) in [7, 11) is -2.66. The molecule has 1 aliphatic heterocycles. The van der Waals surface area contributed by atoms with Gasteiger partial charge < -0.3 is 14.2 Å². The zero-order chi connectivity index (χ0) is 22.7. The third kappa shape index (κ3) is 4.44. The number of sulfonamides is 1. The van der Waals surface area contributed by atoms with Crippen molar-refractivity contribution in [2.24, 2.45) is 0 Å². The Bertz CT molecular complexity index is 1250. The van der Waals surface area contributed by atoms with E-state index < -0.39 is 16.1 Å². The number of halogens is 1. The molecule has 0 saturated heterocycles. The Morgan fingerprint density at radius 2 is 1.88 bits per heavy atom. The minimum atomic E-state index is -4.05. The number of ether oxygens (including phenoxy) is 3. The van der Waals surface area contributed by atoms with Gasteiger partial charge in [0.15, 0.2) is 0 Å². The summed E-state index contributed by atoms with van der Waals surface area (Å²) in [6, 6.07) is 17.7. The Morgan fingerprint density at radius 1 is 1.09 bits per heavy atom. The first-order valence-electron chi connectivity index (χ1n) is 9.55. The van der Waals surface area contributed by atoms with Gasteiger partial charge in [-0.3, -0.25) is 9.62 Å². The maximum atomic E-state index is 13.5. The Balaban J connectivity index is 1.64. The lowest BCUT2D eigenvalue weighted by Crippen LogP contribution is -2.38. The molecule has 1 aliphatic rings. The molecule has 1 heterocycles. The number of carbonyl (C=O) groups is 1. The van der Waals surface area contributed by atoms with Gasteiger partial charge >= 0.3 is 6.09 Å². The number of methoxy groups -OCH3 is 1. The molecule has 166 valence electrons. The van der Waals surface area contributed by atoms with Gasteiger partial charge in [-0.25, -0.2) is 13.2 Å². The summed E-state index contributed by atoms with van der Waals surface area (Å²) in [5.41, 5.74) is 0.805. The van der Waals surface area contributed by atoms with Crippen molar-refractivity contribution >= 4 is 39.1 Å². The summed E-state index contributed by atoms with van der Waals surface area (Å²) in [5.74, 6) is 0.662. The molecule has 0 aliphatic carbocycles. The van der Waals surface area contributed by atoms with Gasteiger partial charge in [-0.1, -0.05) is 29.8 Å². The first-order valence-corrected chi connectivity index (χ1v) is 11.4. The second-order valence-corrected chi connectivity index (χ2v) is 9.00. The monoisotopic (exact) mass is 474 g/mol. The fourth-order valence-electron chi connectivity index (χ4n) is 3.23. The molecular formula is C22H19ClN2O6S. The lowest BCUT2D eigenvalue weighted by atomic mass is 10.2. The van der Waals surface area contributed by atoms with Gasteiger partial charge in [0.1, 0.15) is 28.8 Å².